The van der Waals surface area contributed by atoms with Crippen LogP contribution in [0.25, 0.3) is 21.9 Å². The lowest BCUT2D eigenvalue weighted by Crippen LogP contribution is -2.41. The number of aryl methyl sites for hydroxylation is 3. The molecule has 1 heterocycles. The van der Waals surface area contributed by atoms with Crippen LogP contribution in [0.15, 0.2) is 65.1 Å². The number of carbonyl (C=O) groups is 2. The molecule has 4 aromatic carbocycles. The first-order valence-corrected chi connectivity index (χ1v) is 11.4. The SMILES string of the molecule is Cc1ccc(C)c(N2C(=O)c3cccc4c(-c5ccc(Br)c(C)c5)c([N+](=O)[O-])cc(c34)C2=O)c1. The third kappa shape index (κ3) is 3.23. The van der Waals surface area contributed by atoms with Gasteiger partial charge in [0.1, 0.15) is 0 Å². The maximum absolute atomic E-state index is 13.7. The second kappa shape index (κ2) is 7.88. The fourth-order valence-corrected chi connectivity index (χ4v) is 4.82. The molecule has 0 saturated carbocycles. The van der Waals surface area contributed by atoms with E-state index in [1.807, 2.05) is 45.0 Å². The van der Waals surface area contributed by atoms with Crippen molar-refractivity contribution in [3.63, 3.8) is 0 Å². The largest absolute Gasteiger partial charge is 0.278 e. The molecule has 0 aromatic heterocycles. The van der Waals surface area contributed by atoms with Gasteiger partial charge in [0.05, 0.1) is 21.7 Å². The summed E-state index contributed by atoms with van der Waals surface area (Å²) in [6.45, 7) is 5.61. The molecule has 0 aliphatic carbocycles. The summed E-state index contributed by atoms with van der Waals surface area (Å²) in [5.74, 6) is -1.01. The van der Waals surface area contributed by atoms with Crippen molar-refractivity contribution >= 4 is 49.9 Å². The Balaban J connectivity index is 1.85. The van der Waals surface area contributed by atoms with Crippen LogP contribution < -0.4 is 4.90 Å². The Morgan fingerprint density at radius 3 is 2.29 bits per heavy atom. The number of imide groups is 1. The fraction of sp³-hybridized carbons (Fsp3) is 0.111. The molecule has 6 nitrogen and oxygen atoms in total. The van der Waals surface area contributed by atoms with Crippen molar-refractivity contribution in [1.29, 1.82) is 0 Å². The standard InChI is InChI=1S/C27H19BrN2O4/c1-14-7-8-15(2)22(11-14)29-26(31)19-6-4-5-18-24(17-9-10-21(28)16(3)12-17)23(30(33)34)13-20(25(18)19)27(29)32/h4-13H,1-3H3. The van der Waals surface area contributed by atoms with Crippen LogP contribution in [0.5, 0.6) is 0 Å². The molecule has 0 saturated heterocycles. The van der Waals surface area contributed by atoms with E-state index >= 15 is 0 Å². The predicted octanol–water partition coefficient (Wildman–Crippen LogP) is 6.90. The van der Waals surface area contributed by atoms with Crippen LogP contribution in [0.2, 0.25) is 0 Å². The molecule has 168 valence electrons. The maximum atomic E-state index is 13.7. The van der Waals surface area contributed by atoms with Gasteiger partial charge in [-0.25, -0.2) is 4.90 Å². The third-order valence-electron chi connectivity index (χ3n) is 6.26. The molecule has 0 atom stereocenters. The van der Waals surface area contributed by atoms with Crippen LogP contribution in [0.1, 0.15) is 37.4 Å². The minimum atomic E-state index is -0.566. The first-order chi connectivity index (χ1) is 16.2. The molecule has 0 spiro atoms. The van der Waals surface area contributed by atoms with E-state index in [4.69, 9.17) is 0 Å². The molecular formula is C27H19BrN2O4. The van der Waals surface area contributed by atoms with Gasteiger partial charge in [0.15, 0.2) is 0 Å². The zero-order valence-electron chi connectivity index (χ0n) is 18.7. The maximum Gasteiger partial charge on any atom is 0.278 e. The van der Waals surface area contributed by atoms with E-state index in [0.717, 1.165) is 26.1 Å². The van der Waals surface area contributed by atoms with Crippen LogP contribution >= 0.6 is 15.9 Å². The lowest BCUT2D eigenvalue weighted by atomic mass is 9.87. The summed E-state index contributed by atoms with van der Waals surface area (Å²) < 4.78 is 0.885. The molecule has 1 aliphatic rings. The highest BCUT2D eigenvalue weighted by Gasteiger charge is 2.37. The van der Waals surface area contributed by atoms with Crippen LogP contribution in [-0.4, -0.2) is 16.7 Å². The van der Waals surface area contributed by atoms with E-state index in [2.05, 4.69) is 15.9 Å². The molecule has 4 aromatic rings. The molecule has 0 N–H and O–H groups in total. The normalized spacial score (nSPS) is 13.0. The minimum absolute atomic E-state index is 0.149. The second-order valence-corrected chi connectivity index (χ2v) is 9.36. The fourth-order valence-electron chi connectivity index (χ4n) is 4.58. The summed E-state index contributed by atoms with van der Waals surface area (Å²) >= 11 is 3.47. The van der Waals surface area contributed by atoms with Gasteiger partial charge in [0.2, 0.25) is 0 Å². The van der Waals surface area contributed by atoms with Crippen molar-refractivity contribution in [2.75, 3.05) is 4.90 Å². The van der Waals surface area contributed by atoms with E-state index in [9.17, 15) is 19.7 Å². The second-order valence-electron chi connectivity index (χ2n) is 8.50. The van der Waals surface area contributed by atoms with E-state index in [1.165, 1.54) is 6.07 Å². The van der Waals surface area contributed by atoms with Gasteiger partial charge in [-0.05, 0) is 66.6 Å². The number of halogens is 1. The number of anilines is 1. The summed E-state index contributed by atoms with van der Waals surface area (Å²) in [4.78, 5) is 40.1. The topological polar surface area (TPSA) is 80.5 Å². The summed E-state index contributed by atoms with van der Waals surface area (Å²) in [6, 6.07) is 17.4. The van der Waals surface area contributed by atoms with Gasteiger partial charge in [-0.3, -0.25) is 19.7 Å². The number of nitro groups is 1. The average Bonchev–Trinajstić information content (AvgIpc) is 2.80. The minimum Gasteiger partial charge on any atom is -0.268 e. The van der Waals surface area contributed by atoms with E-state index in [-0.39, 0.29) is 11.3 Å². The van der Waals surface area contributed by atoms with Gasteiger partial charge < -0.3 is 0 Å². The summed E-state index contributed by atoms with van der Waals surface area (Å²) in [5, 5.41) is 13.1. The molecule has 7 heteroatoms. The Kier molecular flexibility index (Phi) is 5.10. The Morgan fingerprint density at radius 1 is 0.853 bits per heavy atom. The van der Waals surface area contributed by atoms with Crippen LogP contribution in [0.4, 0.5) is 11.4 Å². The zero-order chi connectivity index (χ0) is 24.3. The highest BCUT2D eigenvalue weighted by molar-refractivity contribution is 9.10. The molecule has 0 unspecified atom stereocenters. The third-order valence-corrected chi connectivity index (χ3v) is 7.15. The lowest BCUT2D eigenvalue weighted by Gasteiger charge is -2.29. The molecule has 0 bridgehead atoms. The molecule has 5 rings (SSSR count). The number of hydrogen-bond donors (Lipinski definition) is 0. The van der Waals surface area contributed by atoms with E-state index in [1.54, 1.807) is 30.3 Å². The van der Waals surface area contributed by atoms with Crippen LogP contribution in [-0.2, 0) is 0 Å². The lowest BCUT2D eigenvalue weighted by molar-refractivity contribution is -0.384. The zero-order valence-corrected chi connectivity index (χ0v) is 20.3. The van der Waals surface area contributed by atoms with Gasteiger partial charge in [0.25, 0.3) is 17.5 Å². The van der Waals surface area contributed by atoms with Gasteiger partial charge in [-0.2, -0.15) is 0 Å². The number of nitro benzene ring substituents is 1. The van der Waals surface area contributed by atoms with Crippen molar-refractivity contribution in [2.24, 2.45) is 0 Å². The monoisotopic (exact) mass is 514 g/mol. The number of benzene rings is 4. The van der Waals surface area contributed by atoms with Crippen molar-refractivity contribution in [3.05, 3.63) is 103 Å². The highest BCUT2D eigenvalue weighted by atomic mass is 79.9. The van der Waals surface area contributed by atoms with Crippen molar-refractivity contribution in [3.8, 4) is 11.1 Å². The van der Waals surface area contributed by atoms with Gasteiger partial charge >= 0.3 is 0 Å². The number of carbonyl (C=O) groups excluding carboxylic acids is 2. The van der Waals surface area contributed by atoms with Crippen LogP contribution in [0, 0.1) is 30.9 Å². The molecule has 0 fully saturated rings. The summed E-state index contributed by atoms with van der Waals surface area (Å²) in [6.07, 6.45) is 0. The molecule has 34 heavy (non-hydrogen) atoms. The number of nitrogens with zero attached hydrogens (tertiary/aromatic N) is 2. The first-order valence-electron chi connectivity index (χ1n) is 10.7. The Hall–Kier alpha value is -3.84. The predicted molar refractivity (Wildman–Crippen MR) is 136 cm³/mol. The van der Waals surface area contributed by atoms with Crippen molar-refractivity contribution < 1.29 is 14.5 Å². The Labute approximate surface area is 204 Å². The Bertz CT molecular complexity index is 1580. The van der Waals surface area contributed by atoms with Gasteiger partial charge in [0, 0.05) is 21.5 Å². The smallest absolute Gasteiger partial charge is 0.268 e. The molecule has 2 amide bonds. The van der Waals surface area contributed by atoms with Gasteiger partial charge in [-0.15, -0.1) is 0 Å². The highest BCUT2D eigenvalue weighted by Crippen LogP contribution is 2.44. The van der Waals surface area contributed by atoms with Crippen molar-refractivity contribution in [2.45, 2.75) is 20.8 Å². The molecule has 1 aliphatic heterocycles. The average molecular weight is 515 g/mol. The van der Waals surface area contributed by atoms with Crippen LogP contribution in [0.3, 0.4) is 0 Å². The first kappa shape index (κ1) is 22.0. The van der Waals surface area contributed by atoms with E-state index < -0.39 is 16.7 Å². The summed E-state index contributed by atoms with van der Waals surface area (Å²) in [7, 11) is 0. The quantitative estimate of drug-likeness (QED) is 0.169. The van der Waals surface area contributed by atoms with Crippen molar-refractivity contribution in [1.82, 2.24) is 0 Å². The molecular weight excluding hydrogens is 496 g/mol. The Morgan fingerprint density at radius 2 is 1.59 bits per heavy atom. The summed E-state index contributed by atoms with van der Waals surface area (Å²) in [5.41, 5.74) is 4.42. The molecule has 0 radical (unpaired) electrons. The number of amides is 2. The number of rotatable bonds is 3. The van der Waals surface area contributed by atoms with Gasteiger partial charge in [-0.1, -0.05) is 52.3 Å². The number of hydrogen-bond acceptors (Lipinski definition) is 4. The van der Waals surface area contributed by atoms with E-state index in [0.29, 0.717) is 33.2 Å².